The first-order chi connectivity index (χ1) is 5.79. The quantitative estimate of drug-likeness (QED) is 0.630. The summed E-state index contributed by atoms with van der Waals surface area (Å²) in [5, 5.41) is 0. The van der Waals surface area contributed by atoms with Gasteiger partial charge >= 0.3 is 5.97 Å². The summed E-state index contributed by atoms with van der Waals surface area (Å²) in [6.45, 7) is 1.30. The van der Waals surface area contributed by atoms with Gasteiger partial charge < -0.3 is 4.74 Å². The number of sulfone groups is 1. The summed E-state index contributed by atoms with van der Waals surface area (Å²) in [4.78, 5) is 11.1. The van der Waals surface area contributed by atoms with E-state index < -0.39 is 27.2 Å². The SMILES string of the molecule is CCOC(=O)C(C)(CF)S(C)(=O)=O. The molecule has 0 fully saturated rings. The van der Waals surface area contributed by atoms with Gasteiger partial charge in [0.1, 0.15) is 6.67 Å². The molecule has 0 amide bonds. The van der Waals surface area contributed by atoms with Gasteiger partial charge in [-0.3, -0.25) is 4.79 Å². The molecular formula is C7H13FO4S. The fraction of sp³-hybridized carbons (Fsp3) is 0.857. The monoisotopic (exact) mass is 212 g/mol. The standard InChI is InChI=1S/C7H13FO4S/c1-4-12-6(9)7(2,5-8)13(3,10)11/h4-5H2,1-3H3. The molecule has 0 aromatic carbocycles. The Balaban J connectivity index is 4.96. The third kappa shape index (κ3) is 2.40. The number of hydrogen-bond acceptors (Lipinski definition) is 4. The molecule has 0 saturated carbocycles. The van der Waals surface area contributed by atoms with E-state index in [9.17, 15) is 17.6 Å². The van der Waals surface area contributed by atoms with Crippen molar-refractivity contribution in [3.05, 3.63) is 0 Å². The zero-order valence-electron chi connectivity index (χ0n) is 7.83. The van der Waals surface area contributed by atoms with Crippen molar-refractivity contribution in [1.29, 1.82) is 0 Å². The lowest BCUT2D eigenvalue weighted by Gasteiger charge is -2.21. The van der Waals surface area contributed by atoms with Crippen LogP contribution in [0, 0.1) is 0 Å². The zero-order valence-corrected chi connectivity index (χ0v) is 8.65. The summed E-state index contributed by atoms with van der Waals surface area (Å²) in [7, 11) is -3.79. The lowest BCUT2D eigenvalue weighted by molar-refractivity contribution is -0.146. The average molecular weight is 212 g/mol. The second-order valence-corrected chi connectivity index (χ2v) is 5.30. The van der Waals surface area contributed by atoms with Crippen molar-refractivity contribution in [2.45, 2.75) is 18.6 Å². The molecule has 0 heterocycles. The molecule has 0 aliphatic heterocycles. The van der Waals surface area contributed by atoms with E-state index in [1.54, 1.807) is 0 Å². The molecule has 6 heteroatoms. The maximum Gasteiger partial charge on any atom is 0.329 e. The number of rotatable bonds is 4. The number of esters is 1. The van der Waals surface area contributed by atoms with Crippen LogP contribution in [0.2, 0.25) is 0 Å². The van der Waals surface area contributed by atoms with Gasteiger partial charge in [-0.2, -0.15) is 0 Å². The van der Waals surface area contributed by atoms with Crippen LogP contribution >= 0.6 is 0 Å². The highest BCUT2D eigenvalue weighted by Crippen LogP contribution is 2.18. The third-order valence-electron chi connectivity index (χ3n) is 1.78. The molecule has 0 aromatic heterocycles. The van der Waals surface area contributed by atoms with Crippen molar-refractivity contribution < 1.29 is 22.3 Å². The summed E-state index contributed by atoms with van der Waals surface area (Å²) in [5.41, 5.74) is 0. The first-order valence-corrected chi connectivity index (χ1v) is 5.61. The highest BCUT2D eigenvalue weighted by Gasteiger charge is 2.45. The van der Waals surface area contributed by atoms with E-state index in [1.165, 1.54) is 6.92 Å². The van der Waals surface area contributed by atoms with Crippen molar-refractivity contribution in [1.82, 2.24) is 0 Å². The fourth-order valence-corrected chi connectivity index (χ4v) is 1.15. The first-order valence-electron chi connectivity index (χ1n) is 3.72. The van der Waals surface area contributed by atoms with E-state index in [0.29, 0.717) is 0 Å². The average Bonchev–Trinajstić information content (AvgIpc) is 2.01. The van der Waals surface area contributed by atoms with E-state index in [-0.39, 0.29) is 6.61 Å². The second-order valence-electron chi connectivity index (χ2n) is 2.86. The minimum Gasteiger partial charge on any atom is -0.465 e. The Kier molecular flexibility index (Phi) is 3.84. The van der Waals surface area contributed by atoms with E-state index in [2.05, 4.69) is 4.74 Å². The van der Waals surface area contributed by atoms with Crippen LogP contribution in [0.25, 0.3) is 0 Å². The predicted octanol–water partition coefficient (Wildman–Crippen LogP) is 0.322. The van der Waals surface area contributed by atoms with Crippen molar-refractivity contribution in [3.8, 4) is 0 Å². The van der Waals surface area contributed by atoms with Crippen molar-refractivity contribution in [2.75, 3.05) is 19.5 Å². The molecule has 13 heavy (non-hydrogen) atoms. The van der Waals surface area contributed by atoms with Crippen LogP contribution < -0.4 is 0 Å². The maximum atomic E-state index is 12.4. The van der Waals surface area contributed by atoms with Crippen LogP contribution in [0.5, 0.6) is 0 Å². The number of hydrogen-bond donors (Lipinski definition) is 0. The van der Waals surface area contributed by atoms with Crippen LogP contribution in [-0.4, -0.2) is 38.7 Å². The number of halogens is 1. The molecule has 1 unspecified atom stereocenters. The highest BCUT2D eigenvalue weighted by atomic mass is 32.2. The van der Waals surface area contributed by atoms with Crippen LogP contribution in [-0.2, 0) is 19.4 Å². The van der Waals surface area contributed by atoms with Gasteiger partial charge in [-0.15, -0.1) is 0 Å². The largest absolute Gasteiger partial charge is 0.465 e. The van der Waals surface area contributed by atoms with Gasteiger partial charge in [0.05, 0.1) is 6.61 Å². The fourth-order valence-electron chi connectivity index (χ4n) is 0.589. The van der Waals surface area contributed by atoms with Crippen LogP contribution in [0.3, 0.4) is 0 Å². The maximum absolute atomic E-state index is 12.4. The molecule has 0 N–H and O–H groups in total. The topological polar surface area (TPSA) is 60.4 Å². The Bertz CT molecular complexity index is 285. The van der Waals surface area contributed by atoms with Crippen LogP contribution in [0.1, 0.15) is 13.8 Å². The van der Waals surface area contributed by atoms with Gasteiger partial charge in [-0.25, -0.2) is 12.8 Å². The minimum absolute atomic E-state index is 0.0317. The van der Waals surface area contributed by atoms with Gasteiger partial charge in [-0.1, -0.05) is 0 Å². The molecule has 1 atom stereocenters. The van der Waals surface area contributed by atoms with Gasteiger partial charge in [0.25, 0.3) is 0 Å². The van der Waals surface area contributed by atoms with Crippen LogP contribution in [0.15, 0.2) is 0 Å². The molecule has 78 valence electrons. The molecule has 0 radical (unpaired) electrons. The zero-order chi connectivity index (χ0) is 10.7. The molecule has 0 saturated heterocycles. The number of carbonyl (C=O) groups is 1. The highest BCUT2D eigenvalue weighted by molar-refractivity contribution is 7.92. The normalized spacial score (nSPS) is 16.3. The molecule has 0 bridgehead atoms. The number of ether oxygens (including phenoxy) is 1. The number of alkyl halides is 1. The van der Waals surface area contributed by atoms with Crippen molar-refractivity contribution in [3.63, 3.8) is 0 Å². The van der Waals surface area contributed by atoms with E-state index in [1.807, 2.05) is 0 Å². The van der Waals surface area contributed by atoms with E-state index >= 15 is 0 Å². The van der Waals surface area contributed by atoms with Gasteiger partial charge in [0, 0.05) is 6.26 Å². The van der Waals surface area contributed by atoms with Crippen molar-refractivity contribution in [2.24, 2.45) is 0 Å². The van der Waals surface area contributed by atoms with Gasteiger partial charge in [-0.05, 0) is 13.8 Å². The first kappa shape index (κ1) is 12.3. The molecule has 0 rings (SSSR count). The summed E-state index contributed by atoms with van der Waals surface area (Å²) in [6, 6.07) is 0. The summed E-state index contributed by atoms with van der Waals surface area (Å²) in [5.74, 6) is -1.04. The molecule has 0 spiro atoms. The minimum atomic E-state index is -3.79. The van der Waals surface area contributed by atoms with Crippen LogP contribution in [0.4, 0.5) is 4.39 Å². The third-order valence-corrected chi connectivity index (χ3v) is 3.69. The molecular weight excluding hydrogens is 199 g/mol. The van der Waals surface area contributed by atoms with Crippen molar-refractivity contribution >= 4 is 15.8 Å². The molecule has 0 aliphatic rings. The Hall–Kier alpha value is -0.650. The summed E-state index contributed by atoms with van der Waals surface area (Å²) < 4.78 is 37.0. The van der Waals surface area contributed by atoms with Gasteiger partial charge in [0.2, 0.25) is 0 Å². The number of carbonyl (C=O) groups excluding carboxylic acids is 1. The van der Waals surface area contributed by atoms with E-state index in [0.717, 1.165) is 13.2 Å². The Morgan fingerprint density at radius 1 is 1.54 bits per heavy atom. The lowest BCUT2D eigenvalue weighted by Crippen LogP contribution is -2.46. The summed E-state index contributed by atoms with van der Waals surface area (Å²) >= 11 is 0. The second kappa shape index (κ2) is 4.04. The molecule has 4 nitrogen and oxygen atoms in total. The lowest BCUT2D eigenvalue weighted by atomic mass is 10.2. The predicted molar refractivity (Wildman–Crippen MR) is 45.9 cm³/mol. The van der Waals surface area contributed by atoms with E-state index in [4.69, 9.17) is 0 Å². The van der Waals surface area contributed by atoms with Gasteiger partial charge in [0.15, 0.2) is 14.6 Å². The molecule has 0 aromatic rings. The Morgan fingerprint density at radius 3 is 2.23 bits per heavy atom. The smallest absolute Gasteiger partial charge is 0.329 e. The molecule has 0 aliphatic carbocycles. The Labute approximate surface area is 77.0 Å². The summed E-state index contributed by atoms with van der Waals surface area (Å²) in [6.07, 6.45) is 0.809. The Morgan fingerprint density at radius 2 is 2.00 bits per heavy atom.